The van der Waals surface area contributed by atoms with Gasteiger partial charge in [-0.25, -0.2) is 17.9 Å². The van der Waals surface area contributed by atoms with Gasteiger partial charge < -0.3 is 5.11 Å². The van der Waals surface area contributed by atoms with Crippen molar-refractivity contribution in [1.29, 1.82) is 0 Å². The highest BCUT2D eigenvalue weighted by Gasteiger charge is 2.21. The minimum absolute atomic E-state index is 0.000978. The molecule has 2 N–H and O–H groups in total. The van der Waals surface area contributed by atoms with Crippen molar-refractivity contribution in [2.75, 3.05) is 0 Å². The summed E-state index contributed by atoms with van der Waals surface area (Å²) >= 11 is 0.748. The van der Waals surface area contributed by atoms with Crippen LogP contribution in [0.5, 0.6) is 0 Å². The van der Waals surface area contributed by atoms with Gasteiger partial charge >= 0.3 is 5.97 Å². The van der Waals surface area contributed by atoms with Crippen LogP contribution in [0.3, 0.4) is 0 Å². The molecule has 0 aromatic carbocycles. The third kappa shape index (κ3) is 3.31. The van der Waals surface area contributed by atoms with Crippen LogP contribution in [0.1, 0.15) is 26.5 Å². The van der Waals surface area contributed by atoms with E-state index in [1.54, 1.807) is 31.8 Å². The van der Waals surface area contributed by atoms with Crippen molar-refractivity contribution in [3.8, 4) is 0 Å². The Morgan fingerprint density at radius 1 is 1.48 bits per heavy atom. The molecule has 2 aromatic heterocycles. The number of aromatic carboxylic acids is 1. The van der Waals surface area contributed by atoms with Crippen molar-refractivity contribution in [3.63, 3.8) is 0 Å². The predicted molar refractivity (Wildman–Crippen MR) is 78.0 cm³/mol. The summed E-state index contributed by atoms with van der Waals surface area (Å²) in [6.07, 6.45) is 1.74. The van der Waals surface area contributed by atoms with E-state index in [0.717, 1.165) is 22.6 Å². The number of hydrogen-bond acceptors (Lipinski definition) is 5. The number of nitrogens with zero attached hydrogens (tertiary/aromatic N) is 2. The number of carbonyl (C=O) groups is 1. The summed E-state index contributed by atoms with van der Waals surface area (Å²) in [7, 11) is -1.98. The molecule has 2 rings (SSSR count). The summed E-state index contributed by atoms with van der Waals surface area (Å²) in [6, 6.07) is 1.37. The zero-order valence-corrected chi connectivity index (χ0v) is 13.4. The van der Waals surface area contributed by atoms with Crippen molar-refractivity contribution < 1.29 is 18.3 Å². The number of nitrogens with one attached hydrogen (secondary N) is 1. The van der Waals surface area contributed by atoms with Crippen LogP contribution in [-0.4, -0.2) is 29.3 Å². The molecule has 0 bridgehead atoms. The molecule has 0 unspecified atom stereocenters. The van der Waals surface area contributed by atoms with Crippen molar-refractivity contribution in [3.05, 3.63) is 34.0 Å². The molecule has 0 atom stereocenters. The Morgan fingerprint density at radius 2 is 2.14 bits per heavy atom. The van der Waals surface area contributed by atoms with Gasteiger partial charge in [0, 0.05) is 25.4 Å². The molecule has 0 aliphatic rings. The molecule has 0 aliphatic heterocycles. The highest BCUT2D eigenvalue weighted by molar-refractivity contribution is 7.91. The summed E-state index contributed by atoms with van der Waals surface area (Å²) in [5.41, 5.74) is 1.95. The molecule has 2 aromatic rings. The highest BCUT2D eigenvalue weighted by Crippen LogP contribution is 2.26. The summed E-state index contributed by atoms with van der Waals surface area (Å²) in [6.45, 7) is 3.48. The Labute approximate surface area is 126 Å². The SMILES string of the molecule is Cc1cc(S(=O)(=O)NCc2cn(C)nc2C)sc1C(=O)O. The number of rotatable bonds is 5. The van der Waals surface area contributed by atoms with Gasteiger partial charge in [0.15, 0.2) is 0 Å². The van der Waals surface area contributed by atoms with E-state index < -0.39 is 16.0 Å². The number of aryl methyl sites for hydroxylation is 3. The number of hydrogen-bond donors (Lipinski definition) is 2. The van der Waals surface area contributed by atoms with Gasteiger partial charge in [-0.15, -0.1) is 11.3 Å². The molecular weight excluding hydrogens is 314 g/mol. The molecular formula is C12H15N3O4S2. The molecule has 0 saturated heterocycles. The van der Waals surface area contributed by atoms with E-state index in [9.17, 15) is 13.2 Å². The standard InChI is InChI=1S/C12H15N3O4S2/c1-7-4-10(20-11(7)12(16)17)21(18,19)13-5-9-6-15(3)14-8(9)2/h4,6,13H,5H2,1-3H3,(H,16,17). The fraction of sp³-hybridized carbons (Fsp3) is 0.333. The molecule has 114 valence electrons. The van der Waals surface area contributed by atoms with E-state index in [0.29, 0.717) is 5.56 Å². The second kappa shape index (κ2) is 5.58. The monoisotopic (exact) mass is 329 g/mol. The smallest absolute Gasteiger partial charge is 0.346 e. The van der Waals surface area contributed by atoms with Gasteiger partial charge in [-0.05, 0) is 25.5 Å². The molecule has 2 heterocycles. The van der Waals surface area contributed by atoms with Crippen LogP contribution in [0.15, 0.2) is 16.5 Å². The molecule has 0 spiro atoms. The van der Waals surface area contributed by atoms with Crippen LogP contribution in [-0.2, 0) is 23.6 Å². The third-order valence-corrected chi connectivity index (χ3v) is 6.02. The Kier molecular flexibility index (Phi) is 4.17. The second-order valence-corrected chi connectivity index (χ2v) is 7.67. The minimum atomic E-state index is -3.73. The van der Waals surface area contributed by atoms with E-state index >= 15 is 0 Å². The van der Waals surface area contributed by atoms with Gasteiger partial charge in [-0.1, -0.05) is 0 Å². The van der Waals surface area contributed by atoms with Crippen molar-refractivity contribution in [1.82, 2.24) is 14.5 Å². The highest BCUT2D eigenvalue weighted by atomic mass is 32.2. The van der Waals surface area contributed by atoms with E-state index in [-0.39, 0.29) is 15.6 Å². The number of aromatic nitrogens is 2. The van der Waals surface area contributed by atoms with Gasteiger partial charge in [0.2, 0.25) is 10.0 Å². The maximum atomic E-state index is 12.2. The van der Waals surface area contributed by atoms with Gasteiger partial charge in [0.05, 0.1) is 5.69 Å². The van der Waals surface area contributed by atoms with Crippen LogP contribution >= 0.6 is 11.3 Å². The number of carboxylic acid groups (broad SMARTS) is 1. The molecule has 0 saturated carbocycles. The molecule has 0 radical (unpaired) electrons. The second-order valence-electron chi connectivity index (χ2n) is 4.62. The van der Waals surface area contributed by atoms with Crippen molar-refractivity contribution in [2.45, 2.75) is 24.6 Å². The molecule has 0 aliphatic carbocycles. The zero-order valence-electron chi connectivity index (χ0n) is 11.7. The van der Waals surface area contributed by atoms with Crippen LogP contribution in [0.4, 0.5) is 0 Å². The van der Waals surface area contributed by atoms with E-state index in [1.165, 1.54) is 6.07 Å². The topological polar surface area (TPSA) is 101 Å². The lowest BCUT2D eigenvalue weighted by Gasteiger charge is -2.03. The number of thiophene rings is 1. The summed E-state index contributed by atoms with van der Waals surface area (Å²) in [5.74, 6) is -1.12. The molecule has 21 heavy (non-hydrogen) atoms. The third-order valence-electron chi connectivity index (χ3n) is 2.92. The lowest BCUT2D eigenvalue weighted by atomic mass is 10.3. The summed E-state index contributed by atoms with van der Waals surface area (Å²) < 4.78 is 28.5. The van der Waals surface area contributed by atoms with E-state index in [4.69, 9.17) is 5.11 Å². The first-order valence-corrected chi connectivity index (χ1v) is 8.33. The van der Waals surface area contributed by atoms with Crippen LogP contribution in [0.2, 0.25) is 0 Å². The first-order chi connectivity index (χ1) is 9.70. The quantitative estimate of drug-likeness (QED) is 0.860. The zero-order chi connectivity index (χ0) is 15.8. The van der Waals surface area contributed by atoms with Crippen molar-refractivity contribution >= 4 is 27.3 Å². The van der Waals surface area contributed by atoms with Gasteiger partial charge in [0.1, 0.15) is 9.09 Å². The maximum absolute atomic E-state index is 12.2. The Hall–Kier alpha value is -1.71. The molecule has 0 amide bonds. The van der Waals surface area contributed by atoms with E-state index in [1.807, 2.05) is 0 Å². The lowest BCUT2D eigenvalue weighted by Crippen LogP contribution is -2.22. The Balaban J connectivity index is 2.21. The first kappa shape index (κ1) is 15.7. The Morgan fingerprint density at radius 3 is 2.62 bits per heavy atom. The first-order valence-electron chi connectivity index (χ1n) is 6.03. The normalized spacial score (nSPS) is 11.8. The lowest BCUT2D eigenvalue weighted by molar-refractivity contribution is 0.0701. The molecule has 7 nitrogen and oxygen atoms in total. The number of sulfonamides is 1. The maximum Gasteiger partial charge on any atom is 0.346 e. The van der Waals surface area contributed by atoms with Crippen LogP contribution in [0, 0.1) is 13.8 Å². The van der Waals surface area contributed by atoms with Crippen LogP contribution < -0.4 is 4.72 Å². The van der Waals surface area contributed by atoms with Crippen LogP contribution in [0.25, 0.3) is 0 Å². The minimum Gasteiger partial charge on any atom is -0.477 e. The fourth-order valence-corrected chi connectivity index (χ4v) is 4.29. The van der Waals surface area contributed by atoms with Gasteiger partial charge in [0.25, 0.3) is 0 Å². The van der Waals surface area contributed by atoms with Gasteiger partial charge in [-0.3, -0.25) is 4.68 Å². The average Bonchev–Trinajstić information content (AvgIpc) is 2.90. The van der Waals surface area contributed by atoms with Crippen molar-refractivity contribution in [2.24, 2.45) is 7.05 Å². The summed E-state index contributed by atoms with van der Waals surface area (Å²) in [5, 5.41) is 13.1. The van der Waals surface area contributed by atoms with E-state index in [2.05, 4.69) is 9.82 Å². The Bertz CT molecular complexity index is 790. The molecule has 9 heteroatoms. The molecule has 0 fully saturated rings. The van der Waals surface area contributed by atoms with Gasteiger partial charge in [-0.2, -0.15) is 5.10 Å². The predicted octanol–water partition coefficient (Wildman–Crippen LogP) is 1.28. The number of carboxylic acids is 1. The summed E-state index contributed by atoms with van der Waals surface area (Å²) in [4.78, 5) is 11.0. The average molecular weight is 329 g/mol. The fourth-order valence-electron chi connectivity index (χ4n) is 1.86. The largest absolute Gasteiger partial charge is 0.477 e.